The van der Waals surface area contributed by atoms with Crippen molar-refractivity contribution < 1.29 is 4.74 Å². The zero-order valence-corrected chi connectivity index (χ0v) is 14.2. The lowest BCUT2D eigenvalue weighted by Gasteiger charge is -2.09. The molecule has 0 aliphatic rings. The molecule has 0 amide bonds. The standard InChI is InChI=1S/C21H18ClNO/c1-16-7-2-4-11-20(16)23-14-18-9-3-5-12-21(18)24-15-17-8-6-10-19(22)13-17/h2-14H,15H2,1H3. The van der Waals surface area contributed by atoms with E-state index in [-0.39, 0.29) is 0 Å². The van der Waals surface area contributed by atoms with Crippen molar-refractivity contribution in [2.75, 3.05) is 0 Å². The second-order valence-corrected chi connectivity index (χ2v) is 5.94. The summed E-state index contributed by atoms with van der Waals surface area (Å²) in [5.74, 6) is 0.801. The van der Waals surface area contributed by atoms with E-state index in [1.807, 2.05) is 85.9 Å². The second kappa shape index (κ2) is 7.80. The molecule has 0 unspecified atom stereocenters. The lowest BCUT2D eigenvalue weighted by atomic mass is 10.2. The smallest absolute Gasteiger partial charge is 0.128 e. The molecule has 0 radical (unpaired) electrons. The van der Waals surface area contributed by atoms with Crippen LogP contribution in [0.3, 0.4) is 0 Å². The Morgan fingerprint density at radius 2 is 1.75 bits per heavy atom. The number of ether oxygens (including phenoxy) is 1. The van der Waals surface area contributed by atoms with E-state index in [9.17, 15) is 0 Å². The Kier molecular flexibility index (Phi) is 5.29. The van der Waals surface area contributed by atoms with Crippen LogP contribution in [0, 0.1) is 6.92 Å². The summed E-state index contributed by atoms with van der Waals surface area (Å²) in [5, 5.41) is 0.713. The van der Waals surface area contributed by atoms with Gasteiger partial charge in [0.15, 0.2) is 0 Å². The molecule has 0 atom stereocenters. The molecule has 0 heterocycles. The molecule has 0 saturated heterocycles. The third-order valence-electron chi connectivity index (χ3n) is 3.66. The van der Waals surface area contributed by atoms with Gasteiger partial charge in [0, 0.05) is 16.8 Å². The average Bonchev–Trinajstić information content (AvgIpc) is 2.60. The number of hydrogen-bond donors (Lipinski definition) is 0. The van der Waals surface area contributed by atoms with Gasteiger partial charge in [0.25, 0.3) is 0 Å². The second-order valence-electron chi connectivity index (χ2n) is 5.50. The lowest BCUT2D eigenvalue weighted by molar-refractivity contribution is 0.306. The first kappa shape index (κ1) is 16.3. The largest absolute Gasteiger partial charge is 0.488 e. The number of aryl methyl sites for hydroxylation is 1. The zero-order valence-electron chi connectivity index (χ0n) is 13.4. The number of rotatable bonds is 5. The fourth-order valence-electron chi connectivity index (χ4n) is 2.35. The van der Waals surface area contributed by atoms with Gasteiger partial charge in [-0.3, -0.25) is 4.99 Å². The number of halogens is 1. The van der Waals surface area contributed by atoms with Gasteiger partial charge in [0.2, 0.25) is 0 Å². The van der Waals surface area contributed by atoms with Gasteiger partial charge in [-0.25, -0.2) is 0 Å². The Morgan fingerprint density at radius 3 is 2.58 bits per heavy atom. The molecule has 24 heavy (non-hydrogen) atoms. The minimum Gasteiger partial charge on any atom is -0.488 e. The summed E-state index contributed by atoms with van der Waals surface area (Å²) in [6.45, 7) is 2.52. The van der Waals surface area contributed by atoms with Crippen LogP contribution in [0.4, 0.5) is 5.69 Å². The zero-order chi connectivity index (χ0) is 16.8. The lowest BCUT2D eigenvalue weighted by Crippen LogP contribution is -1.98. The Morgan fingerprint density at radius 1 is 0.958 bits per heavy atom. The van der Waals surface area contributed by atoms with E-state index >= 15 is 0 Å². The van der Waals surface area contributed by atoms with Crippen molar-refractivity contribution in [3.63, 3.8) is 0 Å². The fourth-order valence-corrected chi connectivity index (χ4v) is 2.57. The molecule has 0 saturated carbocycles. The molecule has 0 aromatic heterocycles. The summed E-state index contributed by atoms with van der Waals surface area (Å²) in [6.07, 6.45) is 1.84. The van der Waals surface area contributed by atoms with E-state index in [0.29, 0.717) is 11.6 Å². The molecule has 0 N–H and O–H groups in total. The van der Waals surface area contributed by atoms with Crippen LogP contribution in [0.5, 0.6) is 5.75 Å². The van der Waals surface area contributed by atoms with E-state index in [2.05, 4.69) is 4.99 Å². The number of para-hydroxylation sites is 2. The molecule has 3 heteroatoms. The van der Waals surface area contributed by atoms with E-state index < -0.39 is 0 Å². The van der Waals surface area contributed by atoms with Crippen molar-refractivity contribution >= 4 is 23.5 Å². The highest BCUT2D eigenvalue weighted by Gasteiger charge is 2.02. The minimum absolute atomic E-state index is 0.468. The van der Waals surface area contributed by atoms with Gasteiger partial charge in [0.05, 0.1) is 5.69 Å². The molecule has 0 fully saturated rings. The highest BCUT2D eigenvalue weighted by Crippen LogP contribution is 2.21. The van der Waals surface area contributed by atoms with Crippen molar-refractivity contribution in [3.8, 4) is 5.75 Å². The van der Waals surface area contributed by atoms with Crippen molar-refractivity contribution in [3.05, 3.63) is 94.5 Å². The van der Waals surface area contributed by atoms with Gasteiger partial charge in [-0.2, -0.15) is 0 Å². The topological polar surface area (TPSA) is 21.6 Å². The van der Waals surface area contributed by atoms with E-state index in [4.69, 9.17) is 16.3 Å². The summed E-state index contributed by atoms with van der Waals surface area (Å²) in [5.41, 5.74) is 4.09. The maximum atomic E-state index is 6.01. The van der Waals surface area contributed by atoms with Crippen LogP contribution in [0.1, 0.15) is 16.7 Å². The van der Waals surface area contributed by atoms with Crippen molar-refractivity contribution in [2.24, 2.45) is 4.99 Å². The minimum atomic E-state index is 0.468. The van der Waals surface area contributed by atoms with Crippen LogP contribution < -0.4 is 4.74 Å². The van der Waals surface area contributed by atoms with Gasteiger partial charge in [-0.1, -0.05) is 54.1 Å². The third-order valence-corrected chi connectivity index (χ3v) is 3.90. The van der Waals surface area contributed by atoms with Crippen LogP contribution >= 0.6 is 11.6 Å². The molecular weight excluding hydrogens is 318 g/mol. The predicted molar refractivity (Wildman–Crippen MR) is 101 cm³/mol. The molecule has 2 nitrogen and oxygen atoms in total. The summed E-state index contributed by atoms with van der Waals surface area (Å²) < 4.78 is 5.95. The molecule has 3 rings (SSSR count). The molecule has 0 spiro atoms. The average molecular weight is 336 g/mol. The van der Waals surface area contributed by atoms with Crippen LogP contribution in [-0.2, 0) is 6.61 Å². The summed E-state index contributed by atoms with van der Waals surface area (Å²) in [6, 6.07) is 23.6. The third kappa shape index (κ3) is 4.24. The van der Waals surface area contributed by atoms with Gasteiger partial charge in [-0.05, 0) is 48.4 Å². The summed E-state index contributed by atoms with van der Waals surface area (Å²) in [7, 11) is 0. The number of benzene rings is 3. The maximum absolute atomic E-state index is 6.01. The number of hydrogen-bond acceptors (Lipinski definition) is 2. The van der Waals surface area contributed by atoms with Crippen LogP contribution in [0.2, 0.25) is 5.02 Å². The van der Waals surface area contributed by atoms with Gasteiger partial charge >= 0.3 is 0 Å². The van der Waals surface area contributed by atoms with Crippen molar-refractivity contribution in [2.45, 2.75) is 13.5 Å². The van der Waals surface area contributed by atoms with Crippen LogP contribution in [0.15, 0.2) is 77.8 Å². The fraction of sp³-hybridized carbons (Fsp3) is 0.0952. The first-order valence-corrected chi connectivity index (χ1v) is 8.16. The maximum Gasteiger partial charge on any atom is 0.128 e. The Hall–Kier alpha value is -2.58. The van der Waals surface area contributed by atoms with Crippen LogP contribution in [0.25, 0.3) is 0 Å². The Balaban J connectivity index is 1.77. The first-order valence-electron chi connectivity index (χ1n) is 7.78. The Labute approximate surface area is 147 Å². The number of nitrogens with zero attached hydrogens (tertiary/aromatic N) is 1. The first-order chi connectivity index (χ1) is 11.7. The molecule has 0 aliphatic heterocycles. The summed E-state index contributed by atoms with van der Waals surface area (Å²) in [4.78, 5) is 4.58. The van der Waals surface area contributed by atoms with E-state index in [1.54, 1.807) is 0 Å². The quantitative estimate of drug-likeness (QED) is 0.526. The molecular formula is C21H18ClNO. The van der Waals surface area contributed by atoms with E-state index in [1.165, 1.54) is 0 Å². The highest BCUT2D eigenvalue weighted by molar-refractivity contribution is 6.30. The van der Waals surface area contributed by atoms with Crippen LogP contribution in [-0.4, -0.2) is 6.21 Å². The van der Waals surface area contributed by atoms with E-state index in [0.717, 1.165) is 28.1 Å². The monoisotopic (exact) mass is 335 g/mol. The van der Waals surface area contributed by atoms with Crippen molar-refractivity contribution in [1.82, 2.24) is 0 Å². The van der Waals surface area contributed by atoms with Crippen molar-refractivity contribution in [1.29, 1.82) is 0 Å². The normalized spacial score (nSPS) is 10.9. The Bertz CT molecular complexity index is 858. The van der Waals surface area contributed by atoms with Gasteiger partial charge in [-0.15, -0.1) is 0 Å². The highest BCUT2D eigenvalue weighted by atomic mass is 35.5. The SMILES string of the molecule is Cc1ccccc1N=Cc1ccccc1OCc1cccc(Cl)c1. The number of aliphatic imine (C=N–C) groups is 1. The molecule has 0 bridgehead atoms. The molecule has 3 aromatic rings. The molecule has 0 aliphatic carbocycles. The summed E-state index contributed by atoms with van der Waals surface area (Å²) >= 11 is 6.01. The molecule has 120 valence electrons. The van der Waals surface area contributed by atoms with Gasteiger partial charge < -0.3 is 4.74 Å². The molecule has 3 aromatic carbocycles. The van der Waals surface area contributed by atoms with Gasteiger partial charge in [0.1, 0.15) is 12.4 Å². The predicted octanol–water partition coefficient (Wildman–Crippen LogP) is 5.98.